The number of aliphatic carboxylic acids is 1. The van der Waals surface area contributed by atoms with Gasteiger partial charge in [0.2, 0.25) is 0 Å². The topological polar surface area (TPSA) is 66.4 Å². The number of halogens is 2. The van der Waals surface area contributed by atoms with Gasteiger partial charge in [-0.05, 0) is 45.3 Å². The van der Waals surface area contributed by atoms with Crippen LogP contribution in [0.4, 0.5) is 8.78 Å². The minimum Gasteiger partial charge on any atom is -0.480 e. The Bertz CT molecular complexity index is 1230. The summed E-state index contributed by atoms with van der Waals surface area (Å²) in [7, 11) is 0. The number of carboxylic acid groups (broad SMARTS) is 1. The Hall–Kier alpha value is -3.80. The van der Waals surface area contributed by atoms with E-state index in [9.17, 15) is 23.5 Å². The van der Waals surface area contributed by atoms with Gasteiger partial charge in [-0.3, -0.25) is 4.79 Å². The van der Waals surface area contributed by atoms with Crippen molar-refractivity contribution in [3.05, 3.63) is 95.6 Å². The summed E-state index contributed by atoms with van der Waals surface area (Å²) in [6.07, 6.45) is 0.00571. The molecular weight excluding hydrogens is 388 g/mol. The molecule has 0 aliphatic rings. The smallest absolute Gasteiger partial charge is 0.326 e. The van der Waals surface area contributed by atoms with Crippen molar-refractivity contribution < 1.29 is 23.5 Å². The Balaban J connectivity index is 1.74. The first-order chi connectivity index (χ1) is 14.4. The lowest BCUT2D eigenvalue weighted by atomic mass is 9.92. The SMILES string of the molecule is O=C(N[C@H](Cc1c2ccccc2cc2ccccc12)C(=O)O)c1ccc(F)cc1F. The van der Waals surface area contributed by atoms with Gasteiger partial charge >= 0.3 is 5.97 Å². The van der Waals surface area contributed by atoms with Crippen molar-refractivity contribution in [1.29, 1.82) is 0 Å². The Kier molecular flexibility index (Phi) is 5.14. The number of carbonyl (C=O) groups is 2. The number of nitrogens with one attached hydrogen (secondary N) is 1. The van der Waals surface area contributed by atoms with E-state index in [1.807, 2.05) is 54.6 Å². The zero-order valence-corrected chi connectivity index (χ0v) is 15.7. The summed E-state index contributed by atoms with van der Waals surface area (Å²) in [5.41, 5.74) is 0.362. The summed E-state index contributed by atoms with van der Waals surface area (Å²) in [4.78, 5) is 24.4. The predicted molar refractivity (Wildman–Crippen MR) is 110 cm³/mol. The molecule has 0 unspecified atom stereocenters. The fraction of sp³-hybridized carbons (Fsp3) is 0.0833. The van der Waals surface area contributed by atoms with Crippen LogP contribution in [0, 0.1) is 11.6 Å². The van der Waals surface area contributed by atoms with Crippen LogP contribution < -0.4 is 5.32 Å². The van der Waals surface area contributed by atoms with E-state index in [2.05, 4.69) is 5.32 Å². The highest BCUT2D eigenvalue weighted by atomic mass is 19.1. The molecule has 0 spiro atoms. The van der Waals surface area contributed by atoms with Crippen LogP contribution >= 0.6 is 0 Å². The second kappa shape index (κ2) is 7.91. The first-order valence-corrected chi connectivity index (χ1v) is 9.32. The van der Waals surface area contributed by atoms with Crippen LogP contribution in [-0.4, -0.2) is 23.0 Å². The van der Waals surface area contributed by atoms with Gasteiger partial charge in [0, 0.05) is 12.5 Å². The lowest BCUT2D eigenvalue weighted by Crippen LogP contribution is -2.42. The number of hydrogen-bond donors (Lipinski definition) is 2. The fourth-order valence-corrected chi connectivity index (χ4v) is 3.64. The monoisotopic (exact) mass is 405 g/mol. The van der Waals surface area contributed by atoms with Gasteiger partial charge < -0.3 is 10.4 Å². The van der Waals surface area contributed by atoms with Gasteiger partial charge in [-0.2, -0.15) is 0 Å². The minimum atomic E-state index is -1.30. The molecule has 0 fully saturated rings. The van der Waals surface area contributed by atoms with E-state index in [1.54, 1.807) is 0 Å². The van der Waals surface area contributed by atoms with Gasteiger partial charge in [0.15, 0.2) is 0 Å². The first kappa shape index (κ1) is 19.5. The molecule has 2 N–H and O–H groups in total. The molecule has 150 valence electrons. The Morgan fingerprint density at radius 1 is 0.867 bits per heavy atom. The molecule has 4 rings (SSSR count). The number of rotatable bonds is 5. The maximum Gasteiger partial charge on any atom is 0.326 e. The van der Waals surface area contributed by atoms with Crippen LogP contribution in [0.1, 0.15) is 15.9 Å². The molecule has 0 bridgehead atoms. The third kappa shape index (κ3) is 3.72. The van der Waals surface area contributed by atoms with Gasteiger partial charge in [0.05, 0.1) is 5.56 Å². The van der Waals surface area contributed by atoms with Crippen molar-refractivity contribution in [1.82, 2.24) is 5.32 Å². The Morgan fingerprint density at radius 2 is 1.47 bits per heavy atom. The van der Waals surface area contributed by atoms with Crippen LogP contribution in [0.3, 0.4) is 0 Å². The van der Waals surface area contributed by atoms with E-state index >= 15 is 0 Å². The van der Waals surface area contributed by atoms with Crippen LogP contribution in [0.25, 0.3) is 21.5 Å². The first-order valence-electron chi connectivity index (χ1n) is 9.32. The summed E-state index contributed by atoms with van der Waals surface area (Å²) in [5, 5.41) is 15.7. The molecule has 4 nitrogen and oxygen atoms in total. The molecule has 4 aromatic rings. The summed E-state index contributed by atoms with van der Waals surface area (Å²) < 4.78 is 27.1. The molecule has 0 aliphatic carbocycles. The molecule has 1 atom stereocenters. The molecule has 0 saturated heterocycles. The molecule has 1 amide bonds. The number of benzene rings is 4. The van der Waals surface area contributed by atoms with Gasteiger partial charge in [0.25, 0.3) is 5.91 Å². The summed E-state index contributed by atoms with van der Waals surface area (Å²) in [6.45, 7) is 0. The van der Waals surface area contributed by atoms with Crippen LogP contribution in [0.15, 0.2) is 72.8 Å². The Labute approximate surface area is 170 Å². The largest absolute Gasteiger partial charge is 0.480 e. The second-order valence-corrected chi connectivity index (χ2v) is 6.99. The van der Waals surface area contributed by atoms with Crippen molar-refractivity contribution in [2.24, 2.45) is 0 Å². The summed E-state index contributed by atoms with van der Waals surface area (Å²) in [5.74, 6) is -4.03. The van der Waals surface area contributed by atoms with Gasteiger partial charge in [0.1, 0.15) is 17.7 Å². The fourth-order valence-electron chi connectivity index (χ4n) is 3.64. The average Bonchev–Trinajstić information content (AvgIpc) is 2.72. The number of carboxylic acids is 1. The van der Waals surface area contributed by atoms with Crippen molar-refractivity contribution in [2.45, 2.75) is 12.5 Å². The van der Waals surface area contributed by atoms with E-state index in [0.29, 0.717) is 6.07 Å². The summed E-state index contributed by atoms with van der Waals surface area (Å²) in [6, 6.07) is 18.5. The number of fused-ring (bicyclic) bond motifs is 2. The lowest BCUT2D eigenvalue weighted by Gasteiger charge is -2.18. The predicted octanol–water partition coefficient (Wildman–Crippen LogP) is 4.70. The number of carbonyl (C=O) groups excluding carboxylic acids is 1. The third-order valence-electron chi connectivity index (χ3n) is 5.07. The highest BCUT2D eigenvalue weighted by Crippen LogP contribution is 2.29. The van der Waals surface area contributed by atoms with E-state index in [0.717, 1.165) is 39.2 Å². The third-order valence-corrected chi connectivity index (χ3v) is 5.07. The molecule has 0 aromatic heterocycles. The maximum atomic E-state index is 13.9. The van der Waals surface area contributed by atoms with E-state index < -0.39 is 35.1 Å². The molecule has 0 heterocycles. The van der Waals surface area contributed by atoms with Crippen molar-refractivity contribution in [3.8, 4) is 0 Å². The van der Waals surface area contributed by atoms with Crippen molar-refractivity contribution in [3.63, 3.8) is 0 Å². The molecule has 4 aromatic carbocycles. The van der Waals surface area contributed by atoms with Crippen LogP contribution in [0.5, 0.6) is 0 Å². The molecule has 0 saturated carbocycles. The zero-order chi connectivity index (χ0) is 21.3. The molecule has 0 radical (unpaired) electrons. The Morgan fingerprint density at radius 3 is 2.03 bits per heavy atom. The number of hydrogen-bond acceptors (Lipinski definition) is 2. The van der Waals surface area contributed by atoms with E-state index in [1.165, 1.54) is 0 Å². The van der Waals surface area contributed by atoms with Gasteiger partial charge in [-0.1, -0.05) is 48.5 Å². The van der Waals surface area contributed by atoms with Gasteiger partial charge in [-0.25, -0.2) is 13.6 Å². The highest BCUT2D eigenvalue weighted by molar-refractivity contribution is 6.03. The van der Waals surface area contributed by atoms with Gasteiger partial charge in [-0.15, -0.1) is 0 Å². The summed E-state index contributed by atoms with van der Waals surface area (Å²) >= 11 is 0. The van der Waals surface area contributed by atoms with E-state index in [-0.39, 0.29) is 6.42 Å². The standard InChI is InChI=1S/C24H17F2NO3/c25-16-9-10-19(21(26)12-16)23(28)27-22(24(29)30)13-20-17-7-3-1-5-14(17)11-15-6-2-4-8-18(15)20/h1-12,22H,13H2,(H,27,28)(H,29,30)/t22-/m1/s1. The molecular formula is C24H17F2NO3. The van der Waals surface area contributed by atoms with E-state index in [4.69, 9.17) is 0 Å². The quantitative estimate of drug-likeness (QED) is 0.473. The lowest BCUT2D eigenvalue weighted by molar-refractivity contribution is -0.139. The van der Waals surface area contributed by atoms with Crippen LogP contribution in [0.2, 0.25) is 0 Å². The zero-order valence-electron chi connectivity index (χ0n) is 15.7. The average molecular weight is 405 g/mol. The molecule has 30 heavy (non-hydrogen) atoms. The molecule has 0 aliphatic heterocycles. The van der Waals surface area contributed by atoms with Crippen LogP contribution in [-0.2, 0) is 11.2 Å². The normalized spacial score (nSPS) is 12.1. The van der Waals surface area contributed by atoms with Crippen molar-refractivity contribution >= 4 is 33.4 Å². The van der Waals surface area contributed by atoms with Crippen molar-refractivity contribution in [2.75, 3.05) is 0 Å². The molecule has 6 heteroatoms. The second-order valence-electron chi connectivity index (χ2n) is 6.99. The number of amides is 1. The minimum absolute atomic E-state index is 0.00571. The maximum absolute atomic E-state index is 13.9. The highest BCUT2D eigenvalue weighted by Gasteiger charge is 2.24.